The molecule has 92 valence electrons. The van der Waals surface area contributed by atoms with Gasteiger partial charge in [-0.15, -0.1) is 0 Å². The zero-order valence-electron chi connectivity index (χ0n) is 9.43. The van der Waals surface area contributed by atoms with Crippen molar-refractivity contribution in [2.75, 3.05) is 5.32 Å². The highest BCUT2D eigenvalue weighted by atomic mass is 35.5. The van der Waals surface area contributed by atoms with E-state index in [1.165, 1.54) is 18.3 Å². The number of rotatable bonds is 4. The van der Waals surface area contributed by atoms with Gasteiger partial charge >= 0.3 is 5.97 Å². The van der Waals surface area contributed by atoms with E-state index in [-0.39, 0.29) is 5.56 Å². The lowest BCUT2D eigenvalue weighted by Gasteiger charge is -2.06. The van der Waals surface area contributed by atoms with Gasteiger partial charge in [-0.25, -0.2) is 9.78 Å². The largest absolute Gasteiger partial charge is 0.478 e. The molecule has 0 saturated heterocycles. The molecule has 1 aromatic heterocycles. The second-order valence-electron chi connectivity index (χ2n) is 3.71. The fourth-order valence-electron chi connectivity index (χ4n) is 1.46. The van der Waals surface area contributed by atoms with Gasteiger partial charge in [0.05, 0.1) is 5.56 Å². The van der Waals surface area contributed by atoms with Crippen LogP contribution in [0.25, 0.3) is 0 Å². The predicted molar refractivity (Wildman–Crippen MR) is 70.0 cm³/mol. The van der Waals surface area contributed by atoms with E-state index in [0.29, 0.717) is 17.4 Å². The van der Waals surface area contributed by atoms with Crippen molar-refractivity contribution >= 4 is 23.4 Å². The minimum absolute atomic E-state index is 0.212. The lowest BCUT2D eigenvalue weighted by atomic mass is 10.2. The Balaban J connectivity index is 2.04. The number of nitrogens with zero attached hydrogens (tertiary/aromatic N) is 1. The van der Waals surface area contributed by atoms with Crippen molar-refractivity contribution in [3.8, 4) is 0 Å². The summed E-state index contributed by atoms with van der Waals surface area (Å²) in [5.74, 6) is -0.434. The first-order valence-corrected chi connectivity index (χ1v) is 5.70. The molecule has 0 aliphatic heterocycles. The number of anilines is 1. The van der Waals surface area contributed by atoms with Crippen LogP contribution in [0.5, 0.6) is 0 Å². The van der Waals surface area contributed by atoms with E-state index < -0.39 is 5.97 Å². The van der Waals surface area contributed by atoms with E-state index in [2.05, 4.69) is 10.3 Å². The van der Waals surface area contributed by atoms with Gasteiger partial charge in [0.25, 0.3) is 0 Å². The molecule has 0 spiro atoms. The third-order valence-corrected chi connectivity index (χ3v) is 2.65. The second-order valence-corrected chi connectivity index (χ2v) is 4.15. The average molecular weight is 263 g/mol. The van der Waals surface area contributed by atoms with E-state index >= 15 is 0 Å². The number of carboxylic acid groups (broad SMARTS) is 1. The molecule has 1 aromatic carbocycles. The summed E-state index contributed by atoms with van der Waals surface area (Å²) in [4.78, 5) is 14.8. The number of hydrogen-bond donors (Lipinski definition) is 2. The molecule has 2 N–H and O–H groups in total. The normalized spacial score (nSPS) is 10.1. The summed E-state index contributed by atoms with van der Waals surface area (Å²) in [5, 5.41) is 12.6. The van der Waals surface area contributed by atoms with Crippen molar-refractivity contribution < 1.29 is 9.90 Å². The van der Waals surface area contributed by atoms with Gasteiger partial charge in [-0.1, -0.05) is 23.7 Å². The van der Waals surface area contributed by atoms with Crippen LogP contribution < -0.4 is 5.32 Å². The summed E-state index contributed by atoms with van der Waals surface area (Å²) in [6, 6.07) is 10.4. The van der Waals surface area contributed by atoms with Gasteiger partial charge in [0.2, 0.25) is 0 Å². The third kappa shape index (κ3) is 3.21. The van der Waals surface area contributed by atoms with Crippen LogP contribution in [0.15, 0.2) is 42.6 Å². The van der Waals surface area contributed by atoms with Gasteiger partial charge in [0, 0.05) is 17.8 Å². The number of aromatic nitrogens is 1. The Morgan fingerprint density at radius 2 is 2.00 bits per heavy atom. The highest BCUT2D eigenvalue weighted by molar-refractivity contribution is 6.30. The van der Waals surface area contributed by atoms with E-state index in [4.69, 9.17) is 16.7 Å². The Hall–Kier alpha value is -2.07. The van der Waals surface area contributed by atoms with Crippen molar-refractivity contribution in [3.05, 3.63) is 58.7 Å². The lowest BCUT2D eigenvalue weighted by Crippen LogP contribution is -2.03. The van der Waals surface area contributed by atoms with Crippen LogP contribution in [0.3, 0.4) is 0 Å². The summed E-state index contributed by atoms with van der Waals surface area (Å²) in [5.41, 5.74) is 1.26. The highest BCUT2D eigenvalue weighted by Gasteiger charge is 2.03. The van der Waals surface area contributed by atoms with Crippen molar-refractivity contribution in [3.63, 3.8) is 0 Å². The molecular weight excluding hydrogens is 252 g/mol. The third-order valence-electron chi connectivity index (χ3n) is 2.39. The molecular formula is C13H11ClN2O2. The van der Waals surface area contributed by atoms with Gasteiger partial charge in [-0.2, -0.15) is 0 Å². The molecule has 2 aromatic rings. The van der Waals surface area contributed by atoms with E-state index in [9.17, 15) is 4.79 Å². The quantitative estimate of drug-likeness (QED) is 0.889. The van der Waals surface area contributed by atoms with Crippen molar-refractivity contribution in [1.29, 1.82) is 0 Å². The number of hydrogen-bond acceptors (Lipinski definition) is 3. The summed E-state index contributed by atoms with van der Waals surface area (Å²) < 4.78 is 0. The summed E-state index contributed by atoms with van der Waals surface area (Å²) in [7, 11) is 0. The van der Waals surface area contributed by atoms with Gasteiger partial charge < -0.3 is 10.4 Å². The standard InChI is InChI=1S/C13H11ClN2O2/c14-11-3-1-9(2-4-11)8-16-12-7-10(13(17)18)5-6-15-12/h1-7H,8H2,(H,15,16)(H,17,18). The zero-order valence-corrected chi connectivity index (χ0v) is 10.2. The van der Waals surface area contributed by atoms with E-state index in [1.54, 1.807) is 12.1 Å². The van der Waals surface area contributed by atoms with Gasteiger partial charge in [-0.3, -0.25) is 0 Å². The summed E-state index contributed by atoms with van der Waals surface area (Å²) in [6.45, 7) is 0.563. The Morgan fingerprint density at radius 1 is 1.28 bits per heavy atom. The minimum atomic E-state index is -0.966. The molecule has 0 fully saturated rings. The van der Waals surface area contributed by atoms with Crippen molar-refractivity contribution in [1.82, 2.24) is 4.98 Å². The maximum Gasteiger partial charge on any atom is 0.335 e. The first kappa shape index (κ1) is 12.4. The van der Waals surface area contributed by atoms with Crippen LogP contribution >= 0.6 is 11.6 Å². The van der Waals surface area contributed by atoms with E-state index in [0.717, 1.165) is 5.56 Å². The number of pyridine rings is 1. The second kappa shape index (κ2) is 5.51. The smallest absolute Gasteiger partial charge is 0.335 e. The van der Waals surface area contributed by atoms with Crippen LogP contribution in [-0.2, 0) is 6.54 Å². The number of nitrogens with one attached hydrogen (secondary N) is 1. The molecule has 0 atom stereocenters. The molecule has 18 heavy (non-hydrogen) atoms. The maximum atomic E-state index is 10.8. The molecule has 0 aliphatic rings. The minimum Gasteiger partial charge on any atom is -0.478 e. The average Bonchev–Trinajstić information content (AvgIpc) is 2.38. The molecule has 0 radical (unpaired) electrons. The molecule has 0 amide bonds. The van der Waals surface area contributed by atoms with Gasteiger partial charge in [-0.05, 0) is 29.8 Å². The monoisotopic (exact) mass is 262 g/mol. The SMILES string of the molecule is O=C(O)c1ccnc(NCc2ccc(Cl)cc2)c1. The number of carboxylic acids is 1. The number of aromatic carboxylic acids is 1. The molecule has 0 bridgehead atoms. The molecule has 0 saturated carbocycles. The van der Waals surface area contributed by atoms with Crippen LogP contribution in [0, 0.1) is 0 Å². The Morgan fingerprint density at radius 3 is 2.67 bits per heavy atom. The number of halogens is 1. The predicted octanol–water partition coefficient (Wildman–Crippen LogP) is 3.05. The number of carbonyl (C=O) groups is 1. The van der Waals surface area contributed by atoms with Gasteiger partial charge in [0.1, 0.15) is 5.82 Å². The molecule has 4 nitrogen and oxygen atoms in total. The highest BCUT2D eigenvalue weighted by Crippen LogP contribution is 2.12. The number of benzene rings is 1. The fraction of sp³-hybridized carbons (Fsp3) is 0.0769. The topological polar surface area (TPSA) is 62.2 Å². The molecule has 0 aliphatic carbocycles. The first-order valence-electron chi connectivity index (χ1n) is 5.33. The summed E-state index contributed by atoms with van der Waals surface area (Å²) in [6.07, 6.45) is 1.47. The molecule has 0 unspecified atom stereocenters. The zero-order chi connectivity index (χ0) is 13.0. The van der Waals surface area contributed by atoms with Crippen molar-refractivity contribution in [2.24, 2.45) is 0 Å². The molecule has 2 rings (SSSR count). The molecule has 5 heteroatoms. The fourth-order valence-corrected chi connectivity index (χ4v) is 1.58. The first-order chi connectivity index (χ1) is 8.65. The van der Waals surface area contributed by atoms with E-state index in [1.807, 2.05) is 12.1 Å². The molecule has 1 heterocycles. The van der Waals surface area contributed by atoms with Crippen LogP contribution in [0.4, 0.5) is 5.82 Å². The van der Waals surface area contributed by atoms with Gasteiger partial charge in [0.15, 0.2) is 0 Å². The summed E-state index contributed by atoms with van der Waals surface area (Å²) >= 11 is 5.79. The Kier molecular flexibility index (Phi) is 3.79. The Labute approximate surface area is 109 Å². The van der Waals surface area contributed by atoms with Crippen molar-refractivity contribution in [2.45, 2.75) is 6.54 Å². The Bertz CT molecular complexity index is 555. The van der Waals surface area contributed by atoms with Crippen LogP contribution in [0.2, 0.25) is 5.02 Å². The van der Waals surface area contributed by atoms with Crippen LogP contribution in [-0.4, -0.2) is 16.1 Å². The lowest BCUT2D eigenvalue weighted by molar-refractivity contribution is 0.0697. The van der Waals surface area contributed by atoms with Crippen LogP contribution in [0.1, 0.15) is 15.9 Å². The maximum absolute atomic E-state index is 10.8.